The maximum atomic E-state index is 12.6. The first-order chi connectivity index (χ1) is 25.7. The summed E-state index contributed by atoms with van der Waals surface area (Å²) in [5, 5.41) is 0.833. The van der Waals surface area contributed by atoms with Gasteiger partial charge in [-0.05, 0) is 22.3 Å². The predicted octanol–water partition coefficient (Wildman–Crippen LogP) is 4.43. The van der Waals surface area contributed by atoms with Crippen LogP contribution >= 0.6 is 15.9 Å². The molecule has 0 radical (unpaired) electrons. The molecule has 294 valence electrons. The van der Waals surface area contributed by atoms with Gasteiger partial charge in [-0.3, -0.25) is 0 Å². The molecule has 0 aromatic heterocycles. The highest BCUT2D eigenvalue weighted by Gasteiger charge is 2.29. The van der Waals surface area contributed by atoms with Crippen LogP contribution in [0.5, 0.6) is 0 Å². The maximum Gasteiger partial charge on any atom is 0.409 e. The highest BCUT2D eigenvalue weighted by Crippen LogP contribution is 2.44. The van der Waals surface area contributed by atoms with Crippen molar-refractivity contribution in [2.45, 2.75) is 5.92 Å². The number of ether oxygens (including phenoxy) is 11. The van der Waals surface area contributed by atoms with Crippen LogP contribution < -0.4 is 0 Å². The van der Waals surface area contributed by atoms with Gasteiger partial charge in [0.2, 0.25) is 0 Å². The van der Waals surface area contributed by atoms with E-state index >= 15 is 0 Å². The molecule has 2 aromatic carbocycles. The van der Waals surface area contributed by atoms with Crippen molar-refractivity contribution < 1.29 is 56.9 Å². The number of alkyl halides is 1. The summed E-state index contributed by atoms with van der Waals surface area (Å²) in [6, 6.07) is 16.6. The molecule has 0 N–H and O–H groups in total. The van der Waals surface area contributed by atoms with Crippen molar-refractivity contribution in [3.05, 3.63) is 59.7 Å². The molecule has 0 aliphatic heterocycles. The van der Waals surface area contributed by atoms with E-state index in [9.17, 15) is 4.79 Å². The second-order valence-corrected chi connectivity index (χ2v) is 12.3. The summed E-state index contributed by atoms with van der Waals surface area (Å²) in [5.74, 6) is 0.0400. The topological polar surface area (TPSA) is 122 Å². The van der Waals surface area contributed by atoms with Crippen LogP contribution in [0.15, 0.2) is 48.5 Å². The lowest BCUT2D eigenvalue weighted by molar-refractivity contribution is -0.0264. The molecule has 0 spiro atoms. The molecule has 0 atom stereocenters. The number of nitrogens with zero attached hydrogens (tertiary/aromatic N) is 1. The zero-order chi connectivity index (χ0) is 36.7. The molecule has 0 saturated heterocycles. The van der Waals surface area contributed by atoms with Gasteiger partial charge in [0.25, 0.3) is 0 Å². The molecule has 0 saturated carbocycles. The molecule has 0 unspecified atom stereocenters. The van der Waals surface area contributed by atoms with Crippen LogP contribution in [-0.2, 0) is 52.1 Å². The largest absolute Gasteiger partial charge is 0.448 e. The van der Waals surface area contributed by atoms with Gasteiger partial charge in [0.05, 0.1) is 132 Å². The van der Waals surface area contributed by atoms with Gasteiger partial charge in [0.1, 0.15) is 6.61 Å². The Morgan fingerprint density at radius 1 is 0.500 bits per heavy atom. The van der Waals surface area contributed by atoms with E-state index in [0.717, 1.165) is 5.33 Å². The second kappa shape index (κ2) is 30.2. The Kier molecular flexibility index (Phi) is 25.6. The molecule has 0 heterocycles. The third-order valence-electron chi connectivity index (χ3n) is 7.79. The van der Waals surface area contributed by atoms with E-state index in [2.05, 4.69) is 40.2 Å². The summed E-state index contributed by atoms with van der Waals surface area (Å²) in [6.45, 7) is 10.9. The number of carbonyl (C=O) groups excluding carboxylic acids is 1. The number of rotatable bonds is 34. The van der Waals surface area contributed by atoms with E-state index in [-0.39, 0.29) is 12.0 Å². The van der Waals surface area contributed by atoms with Gasteiger partial charge >= 0.3 is 6.09 Å². The molecule has 13 nitrogen and oxygen atoms in total. The fourth-order valence-electron chi connectivity index (χ4n) is 5.13. The van der Waals surface area contributed by atoms with Crippen LogP contribution in [0.4, 0.5) is 4.79 Å². The van der Waals surface area contributed by atoms with E-state index in [4.69, 9.17) is 52.1 Å². The number of amides is 1. The Balaban J connectivity index is 0.988. The smallest absolute Gasteiger partial charge is 0.409 e. The molecule has 52 heavy (non-hydrogen) atoms. The van der Waals surface area contributed by atoms with Gasteiger partial charge in [0.15, 0.2) is 0 Å². The number of benzene rings is 2. The fourth-order valence-corrected chi connectivity index (χ4v) is 5.36. The summed E-state index contributed by atoms with van der Waals surface area (Å²) in [7, 11) is 1.71. The van der Waals surface area contributed by atoms with Gasteiger partial charge in [-0.15, -0.1) is 0 Å². The van der Waals surface area contributed by atoms with E-state index in [1.807, 2.05) is 24.3 Å². The van der Waals surface area contributed by atoms with E-state index in [1.165, 1.54) is 27.2 Å². The number of fused-ring (bicyclic) bond motifs is 3. The predicted molar refractivity (Wildman–Crippen MR) is 200 cm³/mol. The van der Waals surface area contributed by atoms with Crippen LogP contribution in [0.25, 0.3) is 11.1 Å². The Labute approximate surface area is 317 Å². The van der Waals surface area contributed by atoms with Crippen molar-refractivity contribution in [3.63, 3.8) is 0 Å². The van der Waals surface area contributed by atoms with Gasteiger partial charge < -0.3 is 57.0 Å². The molecule has 1 aliphatic carbocycles. The molecule has 3 rings (SSSR count). The van der Waals surface area contributed by atoms with Gasteiger partial charge in [-0.2, -0.15) is 0 Å². The fraction of sp³-hybridized carbons (Fsp3) is 0.658. The highest BCUT2D eigenvalue weighted by atomic mass is 79.9. The van der Waals surface area contributed by atoms with Crippen LogP contribution in [0.3, 0.4) is 0 Å². The number of hydrogen-bond acceptors (Lipinski definition) is 12. The minimum absolute atomic E-state index is 0.0400. The Morgan fingerprint density at radius 2 is 0.808 bits per heavy atom. The SMILES string of the molecule is CN(CCOCCOCCOCCOCCOCCOCCOCCOCCOCCOCCBr)C(=O)OCC1c2ccccc2-c2ccccc21. The highest BCUT2D eigenvalue weighted by molar-refractivity contribution is 9.09. The van der Waals surface area contributed by atoms with Gasteiger partial charge in [0, 0.05) is 24.8 Å². The van der Waals surface area contributed by atoms with Crippen LogP contribution in [0.1, 0.15) is 17.0 Å². The molecule has 2 aromatic rings. The number of carbonyl (C=O) groups is 1. The third-order valence-corrected chi connectivity index (χ3v) is 8.11. The van der Waals surface area contributed by atoms with Crippen molar-refractivity contribution in [2.24, 2.45) is 0 Å². The first-order valence-corrected chi connectivity index (χ1v) is 19.2. The average Bonchev–Trinajstić information content (AvgIpc) is 3.49. The Hall–Kier alpha value is -2.21. The van der Waals surface area contributed by atoms with Crippen LogP contribution in [-0.4, -0.2) is 169 Å². The third kappa shape index (κ3) is 19.2. The zero-order valence-electron chi connectivity index (χ0n) is 30.7. The molecular weight excluding hydrogens is 742 g/mol. The van der Waals surface area contributed by atoms with Crippen molar-refractivity contribution >= 4 is 22.0 Å². The summed E-state index contributed by atoms with van der Waals surface area (Å²) in [6.07, 6.45) is -0.363. The summed E-state index contributed by atoms with van der Waals surface area (Å²) >= 11 is 3.30. The average molecular weight is 801 g/mol. The summed E-state index contributed by atoms with van der Waals surface area (Å²) in [4.78, 5) is 14.1. The van der Waals surface area contributed by atoms with Crippen molar-refractivity contribution in [1.82, 2.24) is 4.90 Å². The van der Waals surface area contributed by atoms with Gasteiger partial charge in [-0.25, -0.2) is 4.79 Å². The second-order valence-electron chi connectivity index (χ2n) is 11.5. The van der Waals surface area contributed by atoms with Gasteiger partial charge in [-0.1, -0.05) is 64.5 Å². The number of likely N-dealkylation sites (N-methyl/N-ethyl adjacent to an activating group) is 1. The minimum atomic E-state index is -0.363. The molecule has 14 heteroatoms. The maximum absolute atomic E-state index is 12.6. The van der Waals surface area contributed by atoms with Crippen molar-refractivity contribution in [3.8, 4) is 11.1 Å². The van der Waals surface area contributed by atoms with Crippen molar-refractivity contribution in [2.75, 3.05) is 158 Å². The van der Waals surface area contributed by atoms with E-state index < -0.39 is 0 Å². The number of halogens is 1. The molecule has 1 aliphatic rings. The minimum Gasteiger partial charge on any atom is -0.448 e. The van der Waals surface area contributed by atoms with E-state index in [0.29, 0.717) is 145 Å². The summed E-state index contributed by atoms with van der Waals surface area (Å²) < 4.78 is 60.4. The Bertz CT molecular complexity index is 1130. The first kappa shape index (κ1) is 44.2. The zero-order valence-corrected chi connectivity index (χ0v) is 32.3. The Morgan fingerprint density at radius 3 is 1.15 bits per heavy atom. The number of hydrogen-bond donors (Lipinski definition) is 0. The molecule has 1 amide bonds. The van der Waals surface area contributed by atoms with Crippen LogP contribution in [0, 0.1) is 0 Å². The molecular formula is C38H58BrNO12. The summed E-state index contributed by atoms with van der Waals surface area (Å²) in [5.41, 5.74) is 4.80. The lowest BCUT2D eigenvalue weighted by Crippen LogP contribution is -2.32. The van der Waals surface area contributed by atoms with E-state index in [1.54, 1.807) is 7.05 Å². The lowest BCUT2D eigenvalue weighted by Gasteiger charge is -2.19. The normalized spacial score (nSPS) is 12.3. The van der Waals surface area contributed by atoms with Crippen molar-refractivity contribution in [1.29, 1.82) is 0 Å². The first-order valence-electron chi connectivity index (χ1n) is 18.1. The van der Waals surface area contributed by atoms with Crippen LogP contribution in [0.2, 0.25) is 0 Å². The molecule has 0 bridgehead atoms. The monoisotopic (exact) mass is 799 g/mol. The lowest BCUT2D eigenvalue weighted by atomic mass is 9.98. The standard InChI is InChI=1S/C38H58BrNO12/c1-40(38(41)52-32-37-35-8-4-2-6-33(35)34-7-3-5-9-36(34)37)11-13-43-15-17-45-19-21-47-23-25-49-27-29-51-31-30-50-28-26-48-24-22-46-20-18-44-16-14-42-12-10-39/h2-9,37H,10-32H2,1H3. The molecule has 0 fully saturated rings. The quantitative estimate of drug-likeness (QED) is 0.0736.